The normalized spacial score (nSPS) is 12.3. The lowest BCUT2D eigenvalue weighted by Gasteiger charge is -2.14. The molecule has 0 aromatic heterocycles. The Morgan fingerprint density at radius 2 is 1.60 bits per heavy atom. The Hall–Kier alpha value is -1.71. The number of hydrogen-bond acceptors (Lipinski definition) is 2. The zero-order chi connectivity index (χ0) is 14.4. The molecule has 0 saturated heterocycles. The highest BCUT2D eigenvalue weighted by molar-refractivity contribution is 5.23. The van der Waals surface area contributed by atoms with Crippen molar-refractivity contribution >= 4 is 0 Å². The van der Waals surface area contributed by atoms with Gasteiger partial charge in [0.2, 0.25) is 0 Å². The summed E-state index contributed by atoms with van der Waals surface area (Å²) in [7, 11) is 1.69. The second kappa shape index (κ2) is 7.17. The summed E-state index contributed by atoms with van der Waals surface area (Å²) < 4.78 is 18.0. The lowest BCUT2D eigenvalue weighted by molar-refractivity contribution is 0.185. The standard InChI is InChI=1S/C17H20FNO/c1-13(16-7-9-17(18)10-8-16)19-11-14-3-5-15(6-4-14)12-20-2/h3-10,13,19H,11-12H2,1-2H3/t13-/m0/s1. The van der Waals surface area contributed by atoms with Gasteiger partial charge >= 0.3 is 0 Å². The van der Waals surface area contributed by atoms with E-state index in [-0.39, 0.29) is 11.9 Å². The van der Waals surface area contributed by atoms with Crippen LogP contribution in [0.5, 0.6) is 0 Å². The lowest BCUT2D eigenvalue weighted by Crippen LogP contribution is -2.18. The zero-order valence-corrected chi connectivity index (χ0v) is 11.9. The van der Waals surface area contributed by atoms with Gasteiger partial charge in [-0.15, -0.1) is 0 Å². The summed E-state index contributed by atoms with van der Waals surface area (Å²) in [5.41, 5.74) is 3.48. The topological polar surface area (TPSA) is 21.3 Å². The maximum Gasteiger partial charge on any atom is 0.123 e. The fourth-order valence-corrected chi connectivity index (χ4v) is 2.06. The van der Waals surface area contributed by atoms with Crippen LogP contribution in [-0.2, 0) is 17.9 Å². The Bertz CT molecular complexity index is 522. The molecular formula is C17H20FNO. The van der Waals surface area contributed by atoms with Gasteiger partial charge in [0.05, 0.1) is 6.61 Å². The van der Waals surface area contributed by atoms with Crippen LogP contribution in [0.4, 0.5) is 4.39 Å². The average Bonchev–Trinajstić information content (AvgIpc) is 2.47. The van der Waals surface area contributed by atoms with Crippen molar-refractivity contribution in [2.75, 3.05) is 7.11 Å². The van der Waals surface area contributed by atoms with Crippen LogP contribution in [0.15, 0.2) is 48.5 Å². The van der Waals surface area contributed by atoms with Crippen molar-refractivity contribution in [1.82, 2.24) is 5.32 Å². The van der Waals surface area contributed by atoms with E-state index in [0.717, 1.165) is 12.1 Å². The van der Waals surface area contributed by atoms with Crippen LogP contribution in [-0.4, -0.2) is 7.11 Å². The fourth-order valence-electron chi connectivity index (χ4n) is 2.06. The number of rotatable bonds is 6. The maximum absolute atomic E-state index is 12.9. The van der Waals surface area contributed by atoms with Crippen molar-refractivity contribution in [3.8, 4) is 0 Å². The average molecular weight is 273 g/mol. The molecular weight excluding hydrogens is 253 g/mol. The Labute approximate surface area is 119 Å². The molecule has 0 aliphatic carbocycles. The Kier molecular flexibility index (Phi) is 5.27. The van der Waals surface area contributed by atoms with Crippen LogP contribution in [0.2, 0.25) is 0 Å². The van der Waals surface area contributed by atoms with Crippen LogP contribution in [0.3, 0.4) is 0 Å². The minimum Gasteiger partial charge on any atom is -0.380 e. The summed E-state index contributed by atoms with van der Waals surface area (Å²) in [6.45, 7) is 3.50. The van der Waals surface area contributed by atoms with E-state index in [0.29, 0.717) is 6.61 Å². The molecule has 1 atom stereocenters. The van der Waals surface area contributed by atoms with Crippen LogP contribution >= 0.6 is 0 Å². The maximum atomic E-state index is 12.9. The first kappa shape index (κ1) is 14.7. The molecule has 2 aromatic rings. The van der Waals surface area contributed by atoms with Gasteiger partial charge in [0, 0.05) is 19.7 Å². The van der Waals surface area contributed by atoms with E-state index in [4.69, 9.17) is 4.74 Å². The van der Waals surface area contributed by atoms with Crippen LogP contribution < -0.4 is 5.32 Å². The third-order valence-corrected chi connectivity index (χ3v) is 3.32. The first-order valence-corrected chi connectivity index (χ1v) is 6.74. The minimum absolute atomic E-state index is 0.189. The van der Waals surface area contributed by atoms with Crippen molar-refractivity contribution in [3.63, 3.8) is 0 Å². The van der Waals surface area contributed by atoms with Crippen LogP contribution in [0.25, 0.3) is 0 Å². The van der Waals surface area contributed by atoms with Gasteiger partial charge in [-0.1, -0.05) is 36.4 Å². The Morgan fingerprint density at radius 1 is 1.00 bits per heavy atom. The van der Waals surface area contributed by atoms with Crippen molar-refractivity contribution in [2.24, 2.45) is 0 Å². The van der Waals surface area contributed by atoms with Gasteiger partial charge in [0.25, 0.3) is 0 Å². The molecule has 0 unspecified atom stereocenters. The summed E-state index contributed by atoms with van der Waals surface area (Å²) in [4.78, 5) is 0. The van der Waals surface area contributed by atoms with E-state index in [1.54, 1.807) is 7.11 Å². The van der Waals surface area contributed by atoms with E-state index in [1.807, 2.05) is 12.1 Å². The SMILES string of the molecule is COCc1ccc(CN[C@@H](C)c2ccc(F)cc2)cc1. The highest BCUT2D eigenvalue weighted by Crippen LogP contribution is 2.14. The number of methoxy groups -OCH3 is 1. The third-order valence-electron chi connectivity index (χ3n) is 3.32. The fraction of sp³-hybridized carbons (Fsp3) is 0.294. The monoisotopic (exact) mass is 273 g/mol. The lowest BCUT2D eigenvalue weighted by atomic mass is 10.1. The first-order valence-electron chi connectivity index (χ1n) is 6.74. The molecule has 0 aliphatic heterocycles. The Balaban J connectivity index is 1.89. The quantitative estimate of drug-likeness (QED) is 0.864. The van der Waals surface area contributed by atoms with E-state index in [2.05, 4.69) is 36.5 Å². The van der Waals surface area contributed by atoms with E-state index >= 15 is 0 Å². The number of nitrogens with one attached hydrogen (secondary N) is 1. The van der Waals surface area contributed by atoms with Crippen molar-refractivity contribution < 1.29 is 9.13 Å². The zero-order valence-electron chi connectivity index (χ0n) is 11.9. The summed E-state index contributed by atoms with van der Waals surface area (Å²) >= 11 is 0. The second-order valence-corrected chi connectivity index (χ2v) is 4.90. The molecule has 0 spiro atoms. The molecule has 0 heterocycles. The van der Waals surface area contributed by atoms with Gasteiger partial charge in [-0.2, -0.15) is 0 Å². The van der Waals surface area contributed by atoms with Gasteiger partial charge in [0.1, 0.15) is 5.82 Å². The molecule has 2 aromatic carbocycles. The molecule has 20 heavy (non-hydrogen) atoms. The van der Waals surface area contributed by atoms with Gasteiger partial charge in [-0.05, 0) is 35.7 Å². The molecule has 0 radical (unpaired) electrons. The molecule has 0 bridgehead atoms. The molecule has 1 N–H and O–H groups in total. The molecule has 2 nitrogen and oxygen atoms in total. The highest BCUT2D eigenvalue weighted by atomic mass is 19.1. The number of benzene rings is 2. The minimum atomic E-state index is -0.199. The van der Waals surface area contributed by atoms with Crippen molar-refractivity contribution in [2.45, 2.75) is 26.1 Å². The van der Waals surface area contributed by atoms with Gasteiger partial charge in [0.15, 0.2) is 0 Å². The van der Waals surface area contributed by atoms with E-state index in [9.17, 15) is 4.39 Å². The molecule has 2 rings (SSSR count). The van der Waals surface area contributed by atoms with E-state index in [1.165, 1.54) is 23.3 Å². The van der Waals surface area contributed by atoms with Gasteiger partial charge in [-0.3, -0.25) is 0 Å². The first-order chi connectivity index (χ1) is 9.69. The molecule has 0 amide bonds. The predicted octanol–water partition coefficient (Wildman–Crippen LogP) is 3.82. The molecule has 0 aliphatic rings. The largest absolute Gasteiger partial charge is 0.380 e. The Morgan fingerprint density at radius 3 is 2.20 bits per heavy atom. The molecule has 0 fully saturated rings. The highest BCUT2D eigenvalue weighted by Gasteiger charge is 2.05. The molecule has 106 valence electrons. The summed E-state index contributed by atoms with van der Waals surface area (Å²) in [5, 5.41) is 3.43. The smallest absolute Gasteiger partial charge is 0.123 e. The summed E-state index contributed by atoms with van der Waals surface area (Å²) in [5.74, 6) is -0.199. The van der Waals surface area contributed by atoms with E-state index < -0.39 is 0 Å². The number of halogens is 1. The second-order valence-electron chi connectivity index (χ2n) is 4.90. The third kappa shape index (κ3) is 4.15. The number of ether oxygens (including phenoxy) is 1. The van der Waals surface area contributed by atoms with Gasteiger partial charge < -0.3 is 10.1 Å². The number of hydrogen-bond donors (Lipinski definition) is 1. The van der Waals surface area contributed by atoms with Crippen LogP contribution in [0.1, 0.15) is 29.7 Å². The van der Waals surface area contributed by atoms with Crippen molar-refractivity contribution in [3.05, 3.63) is 71.0 Å². The summed E-state index contributed by atoms with van der Waals surface area (Å²) in [6.07, 6.45) is 0. The van der Waals surface area contributed by atoms with Gasteiger partial charge in [-0.25, -0.2) is 4.39 Å². The van der Waals surface area contributed by atoms with Crippen LogP contribution in [0, 0.1) is 5.82 Å². The molecule has 3 heteroatoms. The molecule has 0 saturated carbocycles. The predicted molar refractivity (Wildman–Crippen MR) is 78.8 cm³/mol. The van der Waals surface area contributed by atoms with Crippen molar-refractivity contribution in [1.29, 1.82) is 0 Å². The summed E-state index contributed by atoms with van der Waals surface area (Å²) in [6, 6.07) is 15.1.